The van der Waals surface area contributed by atoms with Gasteiger partial charge in [0.05, 0.1) is 12.7 Å². The molecule has 3 heteroatoms. The highest BCUT2D eigenvalue weighted by Crippen LogP contribution is 2.25. The highest BCUT2D eigenvalue weighted by Gasteiger charge is 2.24. The maximum Gasteiger partial charge on any atom is 0.124 e. The monoisotopic (exact) mass is 264 g/mol. The van der Waals surface area contributed by atoms with Crippen LogP contribution < -0.4 is 9.47 Å². The Balaban J connectivity index is 1.84. The molecule has 106 valence electrons. The Hall–Kier alpha value is -1.22. The number of unbranched alkanes of at least 4 members (excludes halogenated alkanes) is 1. The van der Waals surface area contributed by atoms with Crippen LogP contribution in [0, 0.1) is 0 Å². The highest BCUT2D eigenvalue weighted by molar-refractivity contribution is 5.31. The SMILES string of the molecule is CCCCOc1ccc(OC2CCCCC2O)cc1. The van der Waals surface area contributed by atoms with E-state index in [1.165, 1.54) is 0 Å². The van der Waals surface area contributed by atoms with E-state index in [0.29, 0.717) is 0 Å². The predicted octanol–water partition coefficient (Wildman–Crippen LogP) is 3.55. The van der Waals surface area contributed by atoms with Gasteiger partial charge in [0.1, 0.15) is 17.6 Å². The fourth-order valence-electron chi connectivity index (χ4n) is 2.34. The van der Waals surface area contributed by atoms with E-state index in [4.69, 9.17) is 9.47 Å². The molecule has 1 N–H and O–H groups in total. The van der Waals surface area contributed by atoms with E-state index in [0.717, 1.165) is 56.6 Å². The first-order chi connectivity index (χ1) is 9.29. The van der Waals surface area contributed by atoms with Crippen molar-refractivity contribution in [3.63, 3.8) is 0 Å². The van der Waals surface area contributed by atoms with Crippen molar-refractivity contribution in [1.29, 1.82) is 0 Å². The van der Waals surface area contributed by atoms with Gasteiger partial charge in [-0.05, 0) is 49.9 Å². The molecule has 0 aliphatic heterocycles. The zero-order chi connectivity index (χ0) is 13.5. The number of benzene rings is 1. The van der Waals surface area contributed by atoms with Crippen molar-refractivity contribution >= 4 is 0 Å². The maximum absolute atomic E-state index is 9.88. The van der Waals surface area contributed by atoms with E-state index in [2.05, 4.69) is 6.92 Å². The van der Waals surface area contributed by atoms with Crippen LogP contribution in [0.2, 0.25) is 0 Å². The minimum absolute atomic E-state index is 0.0550. The molecule has 19 heavy (non-hydrogen) atoms. The number of hydrogen-bond donors (Lipinski definition) is 1. The van der Waals surface area contributed by atoms with E-state index in [-0.39, 0.29) is 12.2 Å². The Morgan fingerprint density at radius 3 is 2.47 bits per heavy atom. The summed E-state index contributed by atoms with van der Waals surface area (Å²) in [6.45, 7) is 2.91. The molecule has 0 spiro atoms. The van der Waals surface area contributed by atoms with Crippen LogP contribution >= 0.6 is 0 Å². The molecule has 2 rings (SSSR count). The van der Waals surface area contributed by atoms with Gasteiger partial charge in [-0.25, -0.2) is 0 Å². The van der Waals surface area contributed by atoms with Crippen molar-refractivity contribution in [1.82, 2.24) is 0 Å². The van der Waals surface area contributed by atoms with Crippen molar-refractivity contribution in [3.05, 3.63) is 24.3 Å². The summed E-state index contributed by atoms with van der Waals surface area (Å²) in [6, 6.07) is 7.70. The zero-order valence-corrected chi connectivity index (χ0v) is 11.7. The molecule has 2 atom stereocenters. The molecular weight excluding hydrogens is 240 g/mol. The van der Waals surface area contributed by atoms with Gasteiger partial charge in [-0.15, -0.1) is 0 Å². The smallest absolute Gasteiger partial charge is 0.124 e. The Kier molecular flexibility index (Phi) is 5.52. The van der Waals surface area contributed by atoms with Crippen LogP contribution in [0.15, 0.2) is 24.3 Å². The minimum atomic E-state index is -0.325. The maximum atomic E-state index is 9.88. The molecule has 2 unspecified atom stereocenters. The van der Waals surface area contributed by atoms with Gasteiger partial charge in [-0.2, -0.15) is 0 Å². The first-order valence-corrected chi connectivity index (χ1v) is 7.37. The third-order valence-corrected chi connectivity index (χ3v) is 3.55. The number of aliphatic hydroxyl groups is 1. The normalized spacial score (nSPS) is 23.1. The summed E-state index contributed by atoms with van der Waals surface area (Å²) >= 11 is 0. The Morgan fingerprint density at radius 2 is 1.79 bits per heavy atom. The van der Waals surface area contributed by atoms with Gasteiger partial charge in [0.15, 0.2) is 0 Å². The van der Waals surface area contributed by atoms with Gasteiger partial charge >= 0.3 is 0 Å². The topological polar surface area (TPSA) is 38.7 Å². The van der Waals surface area contributed by atoms with Crippen LogP contribution in [-0.2, 0) is 0 Å². The summed E-state index contributed by atoms with van der Waals surface area (Å²) < 4.78 is 11.5. The fraction of sp³-hybridized carbons (Fsp3) is 0.625. The lowest BCUT2D eigenvalue weighted by molar-refractivity contribution is 0.00685. The Labute approximate surface area is 115 Å². The minimum Gasteiger partial charge on any atom is -0.494 e. The molecule has 0 radical (unpaired) electrons. The molecule has 0 heterocycles. The number of rotatable bonds is 6. The summed E-state index contributed by atoms with van der Waals surface area (Å²) in [5.41, 5.74) is 0. The van der Waals surface area contributed by atoms with E-state index in [1.54, 1.807) is 0 Å². The lowest BCUT2D eigenvalue weighted by Crippen LogP contribution is -2.34. The molecule has 1 saturated carbocycles. The van der Waals surface area contributed by atoms with Crippen LogP contribution in [0.1, 0.15) is 45.4 Å². The lowest BCUT2D eigenvalue weighted by Gasteiger charge is -2.28. The molecule has 0 bridgehead atoms. The van der Waals surface area contributed by atoms with Gasteiger partial charge < -0.3 is 14.6 Å². The van der Waals surface area contributed by atoms with Crippen molar-refractivity contribution in [2.45, 2.75) is 57.7 Å². The van der Waals surface area contributed by atoms with Crippen molar-refractivity contribution in [2.24, 2.45) is 0 Å². The number of hydrogen-bond acceptors (Lipinski definition) is 3. The number of aliphatic hydroxyl groups excluding tert-OH is 1. The lowest BCUT2D eigenvalue weighted by atomic mass is 9.95. The van der Waals surface area contributed by atoms with Crippen molar-refractivity contribution < 1.29 is 14.6 Å². The molecule has 0 aromatic heterocycles. The largest absolute Gasteiger partial charge is 0.494 e. The Morgan fingerprint density at radius 1 is 1.11 bits per heavy atom. The summed E-state index contributed by atoms with van der Waals surface area (Å²) in [6.07, 6.45) is 5.87. The van der Waals surface area contributed by atoms with Crippen LogP contribution in [-0.4, -0.2) is 23.9 Å². The first-order valence-electron chi connectivity index (χ1n) is 7.37. The molecule has 1 aliphatic rings. The zero-order valence-electron chi connectivity index (χ0n) is 11.7. The average molecular weight is 264 g/mol. The molecule has 0 amide bonds. The summed E-state index contributed by atoms with van der Waals surface area (Å²) in [7, 11) is 0. The van der Waals surface area contributed by atoms with Gasteiger partial charge in [0.2, 0.25) is 0 Å². The highest BCUT2D eigenvalue weighted by atomic mass is 16.5. The van der Waals surface area contributed by atoms with Gasteiger partial charge in [0, 0.05) is 0 Å². The summed E-state index contributed by atoms with van der Waals surface area (Å²) in [4.78, 5) is 0. The van der Waals surface area contributed by atoms with Crippen molar-refractivity contribution in [3.8, 4) is 11.5 Å². The second-order valence-corrected chi connectivity index (χ2v) is 5.18. The molecule has 1 aromatic carbocycles. The summed E-state index contributed by atoms with van der Waals surface area (Å²) in [5, 5.41) is 9.88. The van der Waals surface area contributed by atoms with Crippen LogP contribution in [0.5, 0.6) is 11.5 Å². The molecule has 1 fully saturated rings. The number of ether oxygens (including phenoxy) is 2. The van der Waals surface area contributed by atoms with E-state index in [1.807, 2.05) is 24.3 Å². The third kappa shape index (κ3) is 4.43. The standard InChI is InChI=1S/C16H24O3/c1-2-3-12-18-13-8-10-14(11-9-13)19-16-7-5-4-6-15(16)17/h8-11,15-17H,2-7,12H2,1H3. The predicted molar refractivity (Wildman–Crippen MR) is 75.7 cm³/mol. The van der Waals surface area contributed by atoms with Crippen LogP contribution in [0.25, 0.3) is 0 Å². The van der Waals surface area contributed by atoms with Gasteiger partial charge in [-0.3, -0.25) is 0 Å². The van der Waals surface area contributed by atoms with Crippen molar-refractivity contribution in [2.75, 3.05) is 6.61 Å². The van der Waals surface area contributed by atoms with E-state index >= 15 is 0 Å². The molecule has 3 nitrogen and oxygen atoms in total. The quantitative estimate of drug-likeness (QED) is 0.799. The second kappa shape index (κ2) is 7.39. The fourth-order valence-corrected chi connectivity index (χ4v) is 2.34. The summed E-state index contributed by atoms with van der Waals surface area (Å²) in [5.74, 6) is 1.69. The molecular formula is C16H24O3. The van der Waals surface area contributed by atoms with E-state index < -0.39 is 0 Å². The second-order valence-electron chi connectivity index (χ2n) is 5.18. The third-order valence-electron chi connectivity index (χ3n) is 3.55. The molecule has 0 saturated heterocycles. The molecule has 1 aromatic rings. The van der Waals surface area contributed by atoms with Gasteiger partial charge in [0.25, 0.3) is 0 Å². The first kappa shape index (κ1) is 14.2. The van der Waals surface area contributed by atoms with Crippen LogP contribution in [0.3, 0.4) is 0 Å². The van der Waals surface area contributed by atoms with Crippen LogP contribution in [0.4, 0.5) is 0 Å². The molecule has 1 aliphatic carbocycles. The Bertz CT molecular complexity index is 361. The van der Waals surface area contributed by atoms with E-state index in [9.17, 15) is 5.11 Å². The average Bonchev–Trinajstić information content (AvgIpc) is 2.44. The van der Waals surface area contributed by atoms with Gasteiger partial charge in [-0.1, -0.05) is 19.8 Å².